The van der Waals surface area contributed by atoms with Gasteiger partial charge in [0, 0.05) is 5.56 Å². The lowest BCUT2D eigenvalue weighted by Gasteiger charge is -2.07. The van der Waals surface area contributed by atoms with E-state index in [1.54, 1.807) is 12.1 Å². The Kier molecular flexibility index (Phi) is 5.50. The fourth-order valence-corrected chi connectivity index (χ4v) is 2.07. The summed E-state index contributed by atoms with van der Waals surface area (Å²) in [5.74, 6) is -0.629. The molecule has 2 aromatic rings. The molecule has 0 saturated carbocycles. The molecule has 0 spiro atoms. The summed E-state index contributed by atoms with van der Waals surface area (Å²) >= 11 is 0. The van der Waals surface area contributed by atoms with Gasteiger partial charge in [0.25, 0.3) is 0 Å². The van der Waals surface area contributed by atoms with Crippen molar-refractivity contribution in [2.24, 2.45) is 0 Å². The number of benzene rings is 2. The van der Waals surface area contributed by atoms with Gasteiger partial charge in [-0.2, -0.15) is 0 Å². The summed E-state index contributed by atoms with van der Waals surface area (Å²) in [7, 11) is 0. The van der Waals surface area contributed by atoms with Gasteiger partial charge >= 0.3 is 5.97 Å². The van der Waals surface area contributed by atoms with E-state index < -0.39 is 0 Å². The van der Waals surface area contributed by atoms with E-state index in [9.17, 15) is 9.18 Å². The smallest absolute Gasteiger partial charge is 0.310 e. The first-order chi connectivity index (χ1) is 10.2. The van der Waals surface area contributed by atoms with Gasteiger partial charge < -0.3 is 4.74 Å². The predicted molar refractivity (Wildman–Crippen MR) is 81.4 cm³/mol. The van der Waals surface area contributed by atoms with Gasteiger partial charge in [0.1, 0.15) is 5.82 Å². The molecule has 0 aromatic heterocycles. The van der Waals surface area contributed by atoms with Crippen molar-refractivity contribution in [3.05, 3.63) is 59.9 Å². The van der Waals surface area contributed by atoms with Crippen LogP contribution in [0, 0.1) is 5.82 Å². The predicted octanol–water partition coefficient (Wildman–Crippen LogP) is 4.38. The topological polar surface area (TPSA) is 26.3 Å². The molecule has 2 aromatic carbocycles. The molecule has 0 radical (unpaired) electrons. The van der Waals surface area contributed by atoms with Crippen molar-refractivity contribution < 1.29 is 13.9 Å². The second-order valence-electron chi connectivity index (χ2n) is 4.93. The van der Waals surface area contributed by atoms with Crippen molar-refractivity contribution in [3.63, 3.8) is 0 Å². The second kappa shape index (κ2) is 7.58. The molecule has 2 rings (SSSR count). The Morgan fingerprint density at radius 3 is 2.57 bits per heavy atom. The largest absolute Gasteiger partial charge is 0.465 e. The van der Waals surface area contributed by atoms with Crippen molar-refractivity contribution in [2.45, 2.75) is 26.2 Å². The maximum absolute atomic E-state index is 14.1. The Balaban J connectivity index is 2.04. The Bertz CT molecular complexity index is 593. The zero-order valence-electron chi connectivity index (χ0n) is 12.1. The van der Waals surface area contributed by atoms with E-state index in [-0.39, 0.29) is 18.2 Å². The van der Waals surface area contributed by atoms with Crippen LogP contribution in [-0.4, -0.2) is 12.6 Å². The highest BCUT2D eigenvalue weighted by Crippen LogP contribution is 2.23. The highest BCUT2D eigenvalue weighted by atomic mass is 19.1. The Morgan fingerprint density at radius 1 is 1.14 bits per heavy atom. The molecule has 3 heteroatoms. The Morgan fingerprint density at radius 2 is 1.90 bits per heavy atom. The fourth-order valence-electron chi connectivity index (χ4n) is 2.07. The SMILES string of the molecule is CCCCOC(=O)Cc1ccc(-c2ccccc2)c(F)c1. The molecule has 110 valence electrons. The molecule has 0 aliphatic heterocycles. The van der Waals surface area contributed by atoms with Gasteiger partial charge in [0.05, 0.1) is 13.0 Å². The van der Waals surface area contributed by atoms with Gasteiger partial charge in [-0.15, -0.1) is 0 Å². The third-order valence-electron chi connectivity index (χ3n) is 3.23. The minimum Gasteiger partial charge on any atom is -0.465 e. The highest BCUT2D eigenvalue weighted by molar-refractivity contribution is 5.73. The lowest BCUT2D eigenvalue weighted by Crippen LogP contribution is -2.09. The van der Waals surface area contributed by atoms with E-state index in [1.807, 2.05) is 37.3 Å². The van der Waals surface area contributed by atoms with Crippen LogP contribution in [0.15, 0.2) is 48.5 Å². The molecule has 2 nitrogen and oxygen atoms in total. The molecule has 0 amide bonds. The first kappa shape index (κ1) is 15.2. The van der Waals surface area contributed by atoms with Crippen LogP contribution in [-0.2, 0) is 16.0 Å². The molecular weight excluding hydrogens is 267 g/mol. The minimum atomic E-state index is -0.319. The maximum atomic E-state index is 14.1. The molecule has 0 heterocycles. The van der Waals surface area contributed by atoms with Crippen LogP contribution in [0.1, 0.15) is 25.3 Å². The minimum absolute atomic E-state index is 0.107. The number of carbonyl (C=O) groups excluding carboxylic acids is 1. The van der Waals surface area contributed by atoms with Crippen molar-refractivity contribution in [2.75, 3.05) is 6.61 Å². The first-order valence-corrected chi connectivity index (χ1v) is 7.20. The van der Waals surface area contributed by atoms with Gasteiger partial charge in [0.2, 0.25) is 0 Å². The zero-order valence-corrected chi connectivity index (χ0v) is 12.1. The molecule has 0 N–H and O–H groups in total. The van der Waals surface area contributed by atoms with Crippen molar-refractivity contribution in [1.29, 1.82) is 0 Å². The number of hydrogen-bond donors (Lipinski definition) is 0. The average Bonchev–Trinajstić information content (AvgIpc) is 2.48. The van der Waals surface area contributed by atoms with Gasteiger partial charge in [-0.05, 0) is 23.6 Å². The summed E-state index contributed by atoms with van der Waals surface area (Å²) in [4.78, 5) is 11.6. The average molecular weight is 286 g/mol. The number of rotatable bonds is 6. The molecule has 0 aliphatic carbocycles. The van der Waals surface area contributed by atoms with Gasteiger partial charge in [-0.25, -0.2) is 4.39 Å². The van der Waals surface area contributed by atoms with E-state index in [0.717, 1.165) is 18.4 Å². The van der Waals surface area contributed by atoms with E-state index in [4.69, 9.17) is 4.74 Å². The van der Waals surface area contributed by atoms with Gasteiger partial charge in [-0.3, -0.25) is 4.79 Å². The summed E-state index contributed by atoms with van der Waals surface area (Å²) in [6, 6.07) is 14.2. The molecule has 0 fully saturated rings. The summed E-state index contributed by atoms with van der Waals surface area (Å²) in [6.07, 6.45) is 1.94. The highest BCUT2D eigenvalue weighted by Gasteiger charge is 2.09. The van der Waals surface area contributed by atoms with Crippen LogP contribution in [0.4, 0.5) is 4.39 Å². The summed E-state index contributed by atoms with van der Waals surface area (Å²) in [5.41, 5.74) is 2.00. The number of esters is 1. The molecule has 0 unspecified atom stereocenters. The summed E-state index contributed by atoms with van der Waals surface area (Å²) < 4.78 is 19.2. The van der Waals surface area contributed by atoms with E-state index in [2.05, 4.69) is 0 Å². The number of hydrogen-bond acceptors (Lipinski definition) is 2. The quantitative estimate of drug-likeness (QED) is 0.582. The summed E-state index contributed by atoms with van der Waals surface area (Å²) in [5, 5.41) is 0. The lowest BCUT2D eigenvalue weighted by atomic mass is 10.0. The van der Waals surface area contributed by atoms with Crippen LogP contribution in [0.2, 0.25) is 0 Å². The van der Waals surface area contributed by atoms with Gasteiger partial charge in [0.15, 0.2) is 0 Å². The molecule has 0 saturated heterocycles. The van der Waals surface area contributed by atoms with Crippen molar-refractivity contribution >= 4 is 5.97 Å². The third-order valence-corrected chi connectivity index (χ3v) is 3.23. The van der Waals surface area contributed by atoms with Crippen molar-refractivity contribution in [1.82, 2.24) is 0 Å². The van der Waals surface area contributed by atoms with Crippen LogP contribution in [0.3, 0.4) is 0 Å². The van der Waals surface area contributed by atoms with E-state index in [1.165, 1.54) is 6.07 Å². The van der Waals surface area contributed by atoms with Crippen LogP contribution in [0.5, 0.6) is 0 Å². The van der Waals surface area contributed by atoms with Crippen LogP contribution in [0.25, 0.3) is 11.1 Å². The number of carbonyl (C=O) groups is 1. The number of halogens is 1. The monoisotopic (exact) mass is 286 g/mol. The molecular formula is C18H19FO2. The normalized spacial score (nSPS) is 10.4. The molecule has 0 aliphatic rings. The maximum Gasteiger partial charge on any atom is 0.310 e. The standard InChI is InChI=1S/C18H19FO2/c1-2-3-11-21-18(20)13-14-9-10-16(17(19)12-14)15-7-5-4-6-8-15/h4-10,12H,2-3,11,13H2,1H3. The molecule has 21 heavy (non-hydrogen) atoms. The number of unbranched alkanes of at least 4 members (excludes halogenated alkanes) is 1. The first-order valence-electron chi connectivity index (χ1n) is 7.20. The second-order valence-corrected chi connectivity index (χ2v) is 4.93. The van der Waals surface area contributed by atoms with E-state index in [0.29, 0.717) is 17.7 Å². The van der Waals surface area contributed by atoms with Gasteiger partial charge in [-0.1, -0.05) is 55.8 Å². The Hall–Kier alpha value is -2.16. The zero-order chi connectivity index (χ0) is 15.1. The summed E-state index contributed by atoms with van der Waals surface area (Å²) in [6.45, 7) is 2.46. The fraction of sp³-hybridized carbons (Fsp3) is 0.278. The molecule has 0 bridgehead atoms. The Labute approximate surface area is 124 Å². The van der Waals surface area contributed by atoms with Crippen LogP contribution < -0.4 is 0 Å². The third kappa shape index (κ3) is 4.42. The van der Waals surface area contributed by atoms with Crippen molar-refractivity contribution in [3.8, 4) is 11.1 Å². The van der Waals surface area contributed by atoms with E-state index >= 15 is 0 Å². The molecule has 0 atom stereocenters. The van der Waals surface area contributed by atoms with Crippen LogP contribution >= 0.6 is 0 Å². The lowest BCUT2D eigenvalue weighted by molar-refractivity contribution is -0.142. The number of ether oxygens (including phenoxy) is 1.